The van der Waals surface area contributed by atoms with Crippen molar-refractivity contribution < 1.29 is 8.42 Å². The van der Waals surface area contributed by atoms with E-state index in [-0.39, 0.29) is 16.3 Å². The summed E-state index contributed by atoms with van der Waals surface area (Å²) in [5, 5.41) is 0.451. The largest absolute Gasteiger partial charge is 0.398 e. The SMILES string of the molecule is CCCCCCS(=O)(=O)c1ccc(Cl)cc1N. The van der Waals surface area contributed by atoms with Gasteiger partial charge in [-0.2, -0.15) is 0 Å². The van der Waals surface area contributed by atoms with Crippen molar-refractivity contribution in [3.63, 3.8) is 0 Å². The molecule has 0 aliphatic heterocycles. The van der Waals surface area contributed by atoms with E-state index in [2.05, 4.69) is 6.92 Å². The molecule has 2 N–H and O–H groups in total. The van der Waals surface area contributed by atoms with Gasteiger partial charge in [-0.05, 0) is 24.6 Å². The van der Waals surface area contributed by atoms with E-state index in [0.717, 1.165) is 19.3 Å². The molecule has 3 nitrogen and oxygen atoms in total. The first-order valence-corrected chi connectivity index (χ1v) is 7.78. The molecule has 0 aromatic heterocycles. The number of nitrogens with two attached hydrogens (primary N) is 1. The maximum Gasteiger partial charge on any atom is 0.180 e. The molecule has 0 unspecified atom stereocenters. The van der Waals surface area contributed by atoms with Gasteiger partial charge < -0.3 is 5.73 Å². The average Bonchev–Trinajstić information content (AvgIpc) is 2.24. The third-order valence-corrected chi connectivity index (χ3v) is 4.68. The molecule has 1 aromatic rings. The van der Waals surface area contributed by atoms with Crippen molar-refractivity contribution in [2.45, 2.75) is 37.5 Å². The highest BCUT2D eigenvalue weighted by Gasteiger charge is 2.17. The van der Waals surface area contributed by atoms with Crippen LogP contribution in [0.4, 0.5) is 5.69 Å². The number of unbranched alkanes of at least 4 members (excludes halogenated alkanes) is 3. The molecule has 17 heavy (non-hydrogen) atoms. The third-order valence-electron chi connectivity index (χ3n) is 2.57. The summed E-state index contributed by atoms with van der Waals surface area (Å²) in [5.41, 5.74) is 5.90. The average molecular weight is 276 g/mol. The Kier molecular flexibility index (Phi) is 5.28. The number of halogens is 1. The molecular formula is C12H18ClNO2S. The normalized spacial score (nSPS) is 11.6. The van der Waals surface area contributed by atoms with Crippen molar-refractivity contribution in [2.24, 2.45) is 0 Å². The summed E-state index contributed by atoms with van der Waals surface area (Å²) in [6.07, 6.45) is 3.76. The Balaban J connectivity index is 2.76. The van der Waals surface area contributed by atoms with Crippen molar-refractivity contribution in [3.05, 3.63) is 23.2 Å². The lowest BCUT2D eigenvalue weighted by Gasteiger charge is -2.07. The number of nitrogen functional groups attached to an aromatic ring is 1. The summed E-state index contributed by atoms with van der Waals surface area (Å²) in [7, 11) is -3.27. The predicted octanol–water partition coefficient (Wildman–Crippen LogP) is 3.28. The van der Waals surface area contributed by atoms with Gasteiger partial charge in [-0.3, -0.25) is 0 Å². The number of benzene rings is 1. The van der Waals surface area contributed by atoms with E-state index in [1.165, 1.54) is 12.1 Å². The molecule has 1 rings (SSSR count). The molecule has 0 aliphatic rings. The number of anilines is 1. The highest BCUT2D eigenvalue weighted by Crippen LogP contribution is 2.24. The lowest BCUT2D eigenvalue weighted by molar-refractivity contribution is 0.589. The molecule has 0 bridgehead atoms. The van der Waals surface area contributed by atoms with Crippen LogP contribution in [0, 0.1) is 0 Å². The van der Waals surface area contributed by atoms with Crippen molar-refractivity contribution >= 4 is 27.1 Å². The van der Waals surface area contributed by atoms with Crippen LogP contribution in [0.1, 0.15) is 32.6 Å². The van der Waals surface area contributed by atoms with Crippen LogP contribution < -0.4 is 5.73 Å². The van der Waals surface area contributed by atoms with E-state index in [1.807, 2.05) is 0 Å². The van der Waals surface area contributed by atoms with Crippen molar-refractivity contribution in [1.29, 1.82) is 0 Å². The number of hydrogen-bond donors (Lipinski definition) is 1. The molecule has 5 heteroatoms. The minimum atomic E-state index is -3.27. The minimum absolute atomic E-state index is 0.152. The zero-order chi connectivity index (χ0) is 12.9. The van der Waals surface area contributed by atoms with Crippen molar-refractivity contribution in [1.82, 2.24) is 0 Å². The van der Waals surface area contributed by atoms with Crippen LogP contribution in [-0.2, 0) is 9.84 Å². The van der Waals surface area contributed by atoms with Gasteiger partial charge in [0.1, 0.15) is 0 Å². The maximum atomic E-state index is 12.0. The van der Waals surface area contributed by atoms with Crippen LogP contribution in [0.3, 0.4) is 0 Å². The van der Waals surface area contributed by atoms with E-state index in [9.17, 15) is 8.42 Å². The summed E-state index contributed by atoms with van der Waals surface area (Å²) < 4.78 is 24.0. The molecule has 0 spiro atoms. The summed E-state index contributed by atoms with van der Waals surface area (Å²) in [6.45, 7) is 2.09. The Morgan fingerprint density at radius 2 is 1.94 bits per heavy atom. The maximum absolute atomic E-state index is 12.0. The molecule has 0 fully saturated rings. The zero-order valence-corrected chi connectivity index (χ0v) is 11.5. The Morgan fingerprint density at radius 1 is 1.24 bits per heavy atom. The van der Waals surface area contributed by atoms with Gasteiger partial charge in [0.25, 0.3) is 0 Å². The second-order valence-corrected chi connectivity index (χ2v) is 6.58. The summed E-state index contributed by atoms with van der Waals surface area (Å²) in [4.78, 5) is 0.193. The van der Waals surface area contributed by atoms with Crippen LogP contribution in [0.25, 0.3) is 0 Å². The first-order chi connectivity index (χ1) is 7.97. The molecule has 0 heterocycles. The Bertz CT molecular complexity index is 471. The van der Waals surface area contributed by atoms with E-state index < -0.39 is 9.84 Å². The van der Waals surface area contributed by atoms with Gasteiger partial charge >= 0.3 is 0 Å². The number of sulfone groups is 1. The molecule has 0 atom stereocenters. The van der Waals surface area contributed by atoms with E-state index >= 15 is 0 Å². The van der Waals surface area contributed by atoms with Crippen LogP contribution in [0.15, 0.2) is 23.1 Å². The van der Waals surface area contributed by atoms with Gasteiger partial charge in [-0.1, -0.05) is 37.8 Å². The fourth-order valence-corrected chi connectivity index (χ4v) is 3.31. The topological polar surface area (TPSA) is 60.2 Å². The molecule has 0 saturated heterocycles. The monoisotopic (exact) mass is 275 g/mol. The highest BCUT2D eigenvalue weighted by atomic mass is 35.5. The molecule has 0 saturated carbocycles. The Labute approximate surface area is 108 Å². The highest BCUT2D eigenvalue weighted by molar-refractivity contribution is 7.91. The van der Waals surface area contributed by atoms with Crippen molar-refractivity contribution in [2.75, 3.05) is 11.5 Å². The van der Waals surface area contributed by atoms with Crippen molar-refractivity contribution in [3.8, 4) is 0 Å². The van der Waals surface area contributed by atoms with Crippen LogP contribution >= 0.6 is 11.6 Å². The summed E-state index contributed by atoms with van der Waals surface area (Å²) >= 11 is 5.74. The quantitative estimate of drug-likeness (QED) is 0.640. The van der Waals surface area contributed by atoms with Gasteiger partial charge in [0.15, 0.2) is 9.84 Å². The molecule has 0 amide bonds. The van der Waals surface area contributed by atoms with Gasteiger partial charge in [0.05, 0.1) is 16.3 Å². The van der Waals surface area contributed by atoms with Crippen LogP contribution in [-0.4, -0.2) is 14.2 Å². The molecule has 1 aromatic carbocycles. The zero-order valence-electron chi connectivity index (χ0n) is 9.95. The molecule has 0 aliphatic carbocycles. The number of rotatable bonds is 6. The fourth-order valence-electron chi connectivity index (χ4n) is 1.63. The summed E-state index contributed by atoms with van der Waals surface area (Å²) in [5.74, 6) is 0.152. The Morgan fingerprint density at radius 3 is 2.53 bits per heavy atom. The van der Waals surface area contributed by atoms with Gasteiger partial charge in [0, 0.05) is 5.02 Å². The lowest BCUT2D eigenvalue weighted by Crippen LogP contribution is -2.09. The van der Waals surface area contributed by atoms with E-state index in [0.29, 0.717) is 11.4 Å². The van der Waals surface area contributed by atoms with E-state index in [1.54, 1.807) is 6.07 Å². The first kappa shape index (κ1) is 14.3. The van der Waals surface area contributed by atoms with Gasteiger partial charge in [0.2, 0.25) is 0 Å². The number of hydrogen-bond acceptors (Lipinski definition) is 3. The van der Waals surface area contributed by atoms with E-state index in [4.69, 9.17) is 17.3 Å². The van der Waals surface area contributed by atoms with Gasteiger partial charge in [-0.25, -0.2) is 8.42 Å². The fraction of sp³-hybridized carbons (Fsp3) is 0.500. The smallest absolute Gasteiger partial charge is 0.180 e. The van der Waals surface area contributed by atoms with Crippen LogP contribution in [0.5, 0.6) is 0 Å². The lowest BCUT2D eigenvalue weighted by atomic mass is 10.2. The summed E-state index contributed by atoms with van der Waals surface area (Å²) in [6, 6.07) is 4.50. The Hall–Kier alpha value is -0.740. The minimum Gasteiger partial charge on any atom is -0.398 e. The third kappa shape index (κ3) is 4.21. The second-order valence-electron chi connectivity index (χ2n) is 4.06. The first-order valence-electron chi connectivity index (χ1n) is 5.75. The standard InChI is InChI=1S/C12H18ClNO2S/c1-2-3-4-5-8-17(15,16)12-7-6-10(13)9-11(12)14/h6-7,9H,2-5,8,14H2,1H3. The van der Waals surface area contributed by atoms with Crippen LogP contribution in [0.2, 0.25) is 5.02 Å². The molecular weight excluding hydrogens is 258 g/mol. The second kappa shape index (κ2) is 6.26. The van der Waals surface area contributed by atoms with Gasteiger partial charge in [-0.15, -0.1) is 0 Å². The predicted molar refractivity (Wildman–Crippen MR) is 72.1 cm³/mol. The molecule has 96 valence electrons. The molecule has 0 radical (unpaired) electrons.